The Balaban J connectivity index is 1.14. The number of hydrogen-bond donors (Lipinski definition) is 0. The molecule has 0 saturated carbocycles. The van der Waals surface area contributed by atoms with Gasteiger partial charge in [0.1, 0.15) is 11.2 Å². The first-order valence-electron chi connectivity index (χ1n) is 18.5. The fourth-order valence-corrected chi connectivity index (χ4v) is 9.98. The molecule has 0 fully saturated rings. The molecule has 0 bridgehead atoms. The van der Waals surface area contributed by atoms with Crippen LogP contribution >= 0.6 is 0 Å². The van der Waals surface area contributed by atoms with Gasteiger partial charge in [-0.2, -0.15) is 9.13 Å². The minimum atomic E-state index is 0.263. The van der Waals surface area contributed by atoms with Crippen molar-refractivity contribution in [3.05, 3.63) is 157 Å². The normalized spacial score (nSPS) is 17.1. The van der Waals surface area contributed by atoms with E-state index in [0.29, 0.717) is 5.92 Å². The molecule has 7 heterocycles. The highest BCUT2D eigenvalue weighted by Crippen LogP contribution is 2.46. The van der Waals surface area contributed by atoms with Crippen molar-refractivity contribution in [3.8, 4) is 22.5 Å². The van der Waals surface area contributed by atoms with Crippen LogP contribution in [-0.4, -0.2) is 4.40 Å². The van der Waals surface area contributed by atoms with E-state index in [4.69, 9.17) is 11.0 Å². The van der Waals surface area contributed by atoms with Crippen LogP contribution in [0.15, 0.2) is 145 Å². The maximum Gasteiger partial charge on any atom is 0.218 e. The zero-order valence-corrected chi connectivity index (χ0v) is 28.9. The number of hydrogen-bond acceptors (Lipinski definition) is 1. The molecule has 10 aromatic rings. The zero-order valence-electron chi connectivity index (χ0n) is 28.9. The molecule has 0 spiro atoms. The number of pyridine rings is 2. The first-order chi connectivity index (χ1) is 25.6. The summed E-state index contributed by atoms with van der Waals surface area (Å²) < 4.78 is 13.9. The van der Waals surface area contributed by atoms with E-state index in [1.165, 1.54) is 88.1 Å². The highest BCUT2D eigenvalue weighted by molar-refractivity contribution is 6.26. The summed E-state index contributed by atoms with van der Waals surface area (Å²) in [5.74, 6) is 0.346. The van der Waals surface area contributed by atoms with Crippen molar-refractivity contribution in [2.45, 2.75) is 38.1 Å². The van der Waals surface area contributed by atoms with Crippen LogP contribution < -0.4 is 9.13 Å². The number of allylic oxidation sites excluding steroid dienone is 1. The molecular weight excluding hydrogens is 635 g/mol. The standard InChI is InChI=1S/C48H35N3O/c1-28-17-20-42-37-24-38-35-13-9-14-36-39-25-40-34-12-5-6-16-46(34)52-47(40)26-45(39)51(48(35)36)44(38)23-30(37)18-19-33-31-10-3-4-11-32(31)41-15-7-8-21-49(41)43(33)22-29(2)50(42)27-28/h3-17,20-21,23-27,33,43H,2,18-19,22H2,1H3/q+2. The topological polar surface area (TPSA) is 25.3 Å². The lowest BCUT2D eigenvalue weighted by molar-refractivity contribution is -0.720. The third-order valence-electron chi connectivity index (χ3n) is 12.3. The maximum atomic E-state index is 6.44. The third kappa shape index (κ3) is 3.71. The summed E-state index contributed by atoms with van der Waals surface area (Å²) in [5, 5.41) is 7.46. The maximum absolute atomic E-state index is 6.44. The van der Waals surface area contributed by atoms with Gasteiger partial charge in [0.15, 0.2) is 24.1 Å². The van der Waals surface area contributed by atoms with Gasteiger partial charge in [-0.05, 0) is 79.9 Å². The molecule has 12 rings (SSSR count). The highest BCUT2D eigenvalue weighted by Gasteiger charge is 2.42. The van der Waals surface area contributed by atoms with Crippen LogP contribution in [0.25, 0.3) is 88.2 Å². The summed E-state index contributed by atoms with van der Waals surface area (Å²) in [5.41, 5.74) is 15.9. The molecule has 2 aliphatic rings. The minimum Gasteiger partial charge on any atom is -0.456 e. The Hall–Kier alpha value is -6.26. The fraction of sp³-hybridized carbons (Fsp3) is 0.125. The number of para-hydroxylation sites is 2. The van der Waals surface area contributed by atoms with Crippen LogP contribution in [0, 0.1) is 6.92 Å². The van der Waals surface area contributed by atoms with Crippen molar-refractivity contribution >= 4 is 65.7 Å². The van der Waals surface area contributed by atoms with E-state index in [0.717, 1.165) is 36.1 Å². The van der Waals surface area contributed by atoms with E-state index in [2.05, 4.69) is 148 Å². The average molecular weight is 670 g/mol. The first kappa shape index (κ1) is 28.4. The number of rotatable bonds is 0. The van der Waals surface area contributed by atoms with Crippen LogP contribution in [0.3, 0.4) is 0 Å². The van der Waals surface area contributed by atoms with Crippen molar-refractivity contribution in [2.24, 2.45) is 0 Å². The molecule has 4 heteroatoms. The quantitative estimate of drug-likeness (QED) is 0.148. The summed E-state index contributed by atoms with van der Waals surface area (Å²) in [6, 6.07) is 45.3. The highest BCUT2D eigenvalue weighted by atomic mass is 16.3. The van der Waals surface area contributed by atoms with Gasteiger partial charge in [-0.1, -0.05) is 54.6 Å². The van der Waals surface area contributed by atoms with Gasteiger partial charge < -0.3 is 8.82 Å². The molecule has 2 aliphatic heterocycles. The molecular formula is C48H35N3O+2. The Bertz CT molecular complexity index is 3160. The van der Waals surface area contributed by atoms with Gasteiger partial charge >= 0.3 is 0 Å². The molecule has 2 atom stereocenters. The van der Waals surface area contributed by atoms with Crippen LogP contribution in [0.5, 0.6) is 0 Å². The first-order valence-corrected chi connectivity index (χ1v) is 18.5. The van der Waals surface area contributed by atoms with Crippen LogP contribution in [0.4, 0.5) is 0 Å². The second-order valence-corrected chi connectivity index (χ2v) is 15.1. The molecule has 0 aliphatic carbocycles. The second-order valence-electron chi connectivity index (χ2n) is 15.1. The van der Waals surface area contributed by atoms with Crippen molar-refractivity contribution < 1.29 is 13.6 Å². The monoisotopic (exact) mass is 669 g/mol. The van der Waals surface area contributed by atoms with E-state index in [-0.39, 0.29) is 6.04 Å². The molecule has 52 heavy (non-hydrogen) atoms. The van der Waals surface area contributed by atoms with Crippen LogP contribution in [0.2, 0.25) is 0 Å². The lowest BCUT2D eigenvalue weighted by atomic mass is 9.77. The molecule has 0 amide bonds. The van der Waals surface area contributed by atoms with E-state index in [9.17, 15) is 0 Å². The Morgan fingerprint density at radius 1 is 0.673 bits per heavy atom. The van der Waals surface area contributed by atoms with Gasteiger partial charge in [0, 0.05) is 73.6 Å². The van der Waals surface area contributed by atoms with E-state index < -0.39 is 0 Å². The summed E-state index contributed by atoms with van der Waals surface area (Å²) in [6.07, 6.45) is 7.45. The number of furan rings is 1. The zero-order chi connectivity index (χ0) is 34.2. The van der Waals surface area contributed by atoms with Gasteiger partial charge in [0.05, 0.1) is 28.5 Å². The minimum absolute atomic E-state index is 0.263. The van der Waals surface area contributed by atoms with Crippen molar-refractivity contribution in [3.63, 3.8) is 0 Å². The van der Waals surface area contributed by atoms with Crippen molar-refractivity contribution in [1.29, 1.82) is 0 Å². The Morgan fingerprint density at radius 2 is 1.46 bits per heavy atom. The van der Waals surface area contributed by atoms with E-state index >= 15 is 0 Å². The van der Waals surface area contributed by atoms with E-state index in [1.54, 1.807) is 0 Å². The van der Waals surface area contributed by atoms with Gasteiger partial charge in [-0.25, -0.2) is 0 Å². The van der Waals surface area contributed by atoms with Gasteiger partial charge in [0.25, 0.3) is 0 Å². The lowest BCUT2D eigenvalue weighted by Crippen LogP contribution is -2.49. The third-order valence-corrected chi connectivity index (χ3v) is 12.3. The Kier molecular flexibility index (Phi) is 5.56. The number of fused-ring (bicyclic) bond motifs is 18. The SMILES string of the molecule is C=C1CC2C(CCc3cc4c(cc3-c3ccc(C)c[n+]31)c1cccc3c5cc6c(cc5n4c13)oc1ccccc16)c1ccccc1-c1cccc[n+]12. The second kappa shape index (κ2) is 10.2. The van der Waals surface area contributed by atoms with Gasteiger partial charge in [-0.3, -0.25) is 0 Å². The predicted molar refractivity (Wildman–Crippen MR) is 211 cm³/mol. The number of aryl methyl sites for hydroxylation is 2. The molecule has 0 radical (unpaired) electrons. The summed E-state index contributed by atoms with van der Waals surface area (Å²) >= 11 is 0. The predicted octanol–water partition coefficient (Wildman–Crippen LogP) is 11.1. The molecule has 5 aromatic heterocycles. The molecule has 2 unspecified atom stereocenters. The van der Waals surface area contributed by atoms with Crippen LogP contribution in [-0.2, 0) is 6.42 Å². The van der Waals surface area contributed by atoms with Crippen molar-refractivity contribution in [2.75, 3.05) is 0 Å². The van der Waals surface area contributed by atoms with Gasteiger partial charge in [-0.15, -0.1) is 0 Å². The van der Waals surface area contributed by atoms with Crippen molar-refractivity contribution in [1.82, 2.24) is 4.40 Å². The largest absolute Gasteiger partial charge is 0.456 e. The van der Waals surface area contributed by atoms with Gasteiger partial charge in [0.2, 0.25) is 11.4 Å². The van der Waals surface area contributed by atoms with Crippen LogP contribution in [0.1, 0.15) is 41.5 Å². The molecule has 246 valence electrons. The molecule has 5 aromatic carbocycles. The summed E-state index contributed by atoms with van der Waals surface area (Å²) in [4.78, 5) is 0. The smallest absolute Gasteiger partial charge is 0.218 e. The lowest BCUT2D eigenvalue weighted by Gasteiger charge is -2.31. The summed E-state index contributed by atoms with van der Waals surface area (Å²) in [7, 11) is 0. The molecule has 0 saturated heterocycles. The fourth-order valence-electron chi connectivity index (χ4n) is 9.98. The molecule has 0 N–H and O–H groups in total. The Labute approximate surface area is 300 Å². The van der Waals surface area contributed by atoms with E-state index in [1.807, 2.05) is 6.07 Å². The number of aromatic nitrogens is 3. The number of benzene rings is 5. The number of nitrogens with zero attached hydrogens (tertiary/aromatic N) is 3. The Morgan fingerprint density at radius 3 is 2.38 bits per heavy atom. The summed E-state index contributed by atoms with van der Waals surface area (Å²) in [6.45, 7) is 6.99. The average Bonchev–Trinajstić information content (AvgIpc) is 3.82. The molecule has 4 nitrogen and oxygen atoms in total.